The number of hydrogen-bond acceptors (Lipinski definition) is 6. The number of likely N-dealkylation sites (N-methyl/N-ethyl adjacent to an activating group) is 1. The average molecular weight is 455 g/mol. The summed E-state index contributed by atoms with van der Waals surface area (Å²) in [6.45, 7) is 8.22. The highest BCUT2D eigenvalue weighted by atomic mass is 32.2. The van der Waals surface area contributed by atoms with Gasteiger partial charge in [-0.1, -0.05) is 38.1 Å². The zero-order valence-corrected chi connectivity index (χ0v) is 19.6. The Labute approximate surface area is 193 Å². The number of carboxylic acids is 1. The van der Waals surface area contributed by atoms with Gasteiger partial charge in [0, 0.05) is 40.6 Å². The molecule has 32 heavy (non-hydrogen) atoms. The number of anilines is 1. The third-order valence-corrected chi connectivity index (χ3v) is 6.52. The van der Waals surface area contributed by atoms with Crippen molar-refractivity contribution in [3.8, 4) is 16.9 Å². The number of rotatable bonds is 12. The van der Waals surface area contributed by atoms with Crippen LogP contribution in [0.5, 0.6) is 5.75 Å². The molecule has 0 aliphatic carbocycles. The fourth-order valence-corrected chi connectivity index (χ4v) is 4.64. The van der Waals surface area contributed by atoms with Gasteiger partial charge in [-0.15, -0.1) is 11.8 Å². The van der Waals surface area contributed by atoms with Gasteiger partial charge in [-0.3, -0.25) is 0 Å². The summed E-state index contributed by atoms with van der Waals surface area (Å²) in [6.07, 6.45) is 3.14. The Balaban J connectivity index is 1.79. The molecule has 1 heterocycles. The van der Waals surface area contributed by atoms with Gasteiger partial charge in [-0.2, -0.15) is 0 Å². The first-order valence-electron chi connectivity index (χ1n) is 10.7. The standard InChI is InChI=1S/C25H30N2O4S/c1-4-27(5-2)14-13-26-21-8-6-7-9-22(21)32-17-19-10-11-20(18-12-15-31-16-18)24(30-3)23(19)25(28)29/h6-12,15-16,26H,4-5,13-14,17H2,1-3H3,(H,28,29). The molecule has 0 unspecified atom stereocenters. The highest BCUT2D eigenvalue weighted by molar-refractivity contribution is 7.98. The molecule has 0 amide bonds. The zero-order chi connectivity index (χ0) is 22.9. The molecule has 0 radical (unpaired) electrons. The summed E-state index contributed by atoms with van der Waals surface area (Å²) in [5.41, 5.74) is 3.44. The van der Waals surface area contributed by atoms with Crippen LogP contribution in [0.4, 0.5) is 5.69 Å². The quantitative estimate of drug-likeness (QED) is 0.340. The van der Waals surface area contributed by atoms with Crippen LogP contribution in [0.2, 0.25) is 0 Å². The number of benzene rings is 2. The molecule has 170 valence electrons. The van der Waals surface area contributed by atoms with E-state index >= 15 is 0 Å². The number of nitrogens with zero attached hydrogens (tertiary/aromatic N) is 1. The molecular weight excluding hydrogens is 424 g/mol. The number of carboxylic acid groups (broad SMARTS) is 1. The third-order valence-electron chi connectivity index (χ3n) is 5.40. The third kappa shape index (κ3) is 5.66. The summed E-state index contributed by atoms with van der Waals surface area (Å²) in [7, 11) is 1.50. The molecule has 0 aliphatic rings. The van der Waals surface area contributed by atoms with Crippen LogP contribution in [0.3, 0.4) is 0 Å². The summed E-state index contributed by atoms with van der Waals surface area (Å²) in [5, 5.41) is 13.5. The maximum Gasteiger partial charge on any atom is 0.339 e. The van der Waals surface area contributed by atoms with E-state index in [1.807, 2.05) is 24.3 Å². The molecule has 6 nitrogen and oxygen atoms in total. The topological polar surface area (TPSA) is 74.9 Å². The number of nitrogens with one attached hydrogen (secondary N) is 1. The lowest BCUT2D eigenvalue weighted by Gasteiger charge is -2.19. The van der Waals surface area contributed by atoms with Crippen molar-refractivity contribution in [1.29, 1.82) is 0 Å². The van der Waals surface area contributed by atoms with Crippen molar-refractivity contribution < 1.29 is 19.1 Å². The minimum Gasteiger partial charge on any atom is -0.495 e. The van der Waals surface area contributed by atoms with Gasteiger partial charge < -0.3 is 24.5 Å². The molecule has 7 heteroatoms. The predicted molar refractivity (Wildman–Crippen MR) is 130 cm³/mol. The maximum absolute atomic E-state index is 12.1. The zero-order valence-electron chi connectivity index (χ0n) is 18.8. The molecule has 2 aromatic carbocycles. The van der Waals surface area contributed by atoms with Crippen LogP contribution >= 0.6 is 11.8 Å². The van der Waals surface area contributed by atoms with E-state index in [-0.39, 0.29) is 5.56 Å². The van der Waals surface area contributed by atoms with E-state index in [0.29, 0.717) is 22.6 Å². The summed E-state index contributed by atoms with van der Waals surface area (Å²) in [6, 6.07) is 13.7. The van der Waals surface area contributed by atoms with Crippen LogP contribution in [0.25, 0.3) is 11.1 Å². The molecule has 0 fully saturated rings. The monoisotopic (exact) mass is 454 g/mol. The van der Waals surface area contributed by atoms with Crippen molar-refractivity contribution in [2.75, 3.05) is 38.6 Å². The van der Waals surface area contributed by atoms with Crippen molar-refractivity contribution in [3.63, 3.8) is 0 Å². The lowest BCUT2D eigenvalue weighted by molar-refractivity contribution is 0.0692. The Morgan fingerprint density at radius 1 is 1.16 bits per heavy atom. The smallest absolute Gasteiger partial charge is 0.339 e. The SMILES string of the molecule is CCN(CC)CCNc1ccccc1SCc1ccc(-c2ccoc2)c(OC)c1C(=O)O. The van der Waals surface area contributed by atoms with Crippen molar-refractivity contribution in [3.05, 3.63) is 66.1 Å². The molecule has 0 aliphatic heterocycles. The van der Waals surface area contributed by atoms with E-state index in [2.05, 4.69) is 36.2 Å². The van der Waals surface area contributed by atoms with Crippen LogP contribution in [0.1, 0.15) is 29.8 Å². The van der Waals surface area contributed by atoms with E-state index in [4.69, 9.17) is 9.15 Å². The van der Waals surface area contributed by atoms with Crippen LogP contribution in [-0.4, -0.2) is 49.3 Å². The molecule has 1 aromatic heterocycles. The molecule has 2 N–H and O–H groups in total. The van der Waals surface area contributed by atoms with Gasteiger partial charge in [0.15, 0.2) is 0 Å². The average Bonchev–Trinajstić information content (AvgIpc) is 3.35. The summed E-state index contributed by atoms with van der Waals surface area (Å²) in [4.78, 5) is 15.6. The number of aromatic carboxylic acids is 1. The first-order valence-corrected chi connectivity index (χ1v) is 11.7. The van der Waals surface area contributed by atoms with Crippen LogP contribution in [0.15, 0.2) is 64.3 Å². The van der Waals surface area contributed by atoms with E-state index in [1.54, 1.807) is 30.4 Å². The molecule has 0 bridgehead atoms. The normalized spacial score (nSPS) is 11.0. The minimum absolute atomic E-state index is 0.186. The van der Waals surface area contributed by atoms with Crippen molar-refractivity contribution in [2.24, 2.45) is 0 Å². The molecule has 0 spiro atoms. The molecule has 0 atom stereocenters. The summed E-state index contributed by atoms with van der Waals surface area (Å²) in [5.74, 6) is -0.144. The highest BCUT2D eigenvalue weighted by Gasteiger charge is 2.21. The summed E-state index contributed by atoms with van der Waals surface area (Å²) < 4.78 is 10.7. The van der Waals surface area contributed by atoms with E-state index in [9.17, 15) is 9.90 Å². The number of para-hydroxylation sites is 1. The fraction of sp³-hybridized carbons (Fsp3) is 0.320. The second-order valence-electron chi connectivity index (χ2n) is 7.24. The van der Waals surface area contributed by atoms with Gasteiger partial charge >= 0.3 is 5.97 Å². The molecule has 0 saturated carbocycles. The molecule has 3 aromatic rings. The Hall–Kier alpha value is -2.90. The minimum atomic E-state index is -1.01. The van der Waals surface area contributed by atoms with Crippen LogP contribution in [0, 0.1) is 0 Å². The predicted octanol–water partition coefficient (Wildman–Crippen LogP) is 5.70. The second kappa shape index (κ2) is 11.6. The number of methoxy groups -OCH3 is 1. The van der Waals surface area contributed by atoms with Crippen molar-refractivity contribution >= 4 is 23.4 Å². The first kappa shape index (κ1) is 23.8. The Morgan fingerprint density at radius 3 is 2.59 bits per heavy atom. The molecule has 0 saturated heterocycles. The lowest BCUT2D eigenvalue weighted by Crippen LogP contribution is -2.28. The van der Waals surface area contributed by atoms with Gasteiger partial charge in [0.25, 0.3) is 0 Å². The highest BCUT2D eigenvalue weighted by Crippen LogP contribution is 2.38. The van der Waals surface area contributed by atoms with Crippen LogP contribution < -0.4 is 10.1 Å². The largest absolute Gasteiger partial charge is 0.495 e. The van der Waals surface area contributed by atoms with Gasteiger partial charge in [0.2, 0.25) is 0 Å². The fourth-order valence-electron chi connectivity index (χ4n) is 3.62. The van der Waals surface area contributed by atoms with Crippen molar-refractivity contribution in [1.82, 2.24) is 4.90 Å². The van der Waals surface area contributed by atoms with Gasteiger partial charge in [0.05, 0.1) is 19.6 Å². The number of furan rings is 1. The number of carbonyl (C=O) groups is 1. The second-order valence-corrected chi connectivity index (χ2v) is 8.25. The van der Waals surface area contributed by atoms with Gasteiger partial charge in [0.1, 0.15) is 11.3 Å². The Kier molecular flexibility index (Phi) is 8.64. The lowest BCUT2D eigenvalue weighted by atomic mass is 9.99. The molecular formula is C25H30N2O4S. The van der Waals surface area contributed by atoms with E-state index < -0.39 is 5.97 Å². The van der Waals surface area contributed by atoms with Gasteiger partial charge in [-0.25, -0.2) is 4.79 Å². The van der Waals surface area contributed by atoms with Crippen LogP contribution in [-0.2, 0) is 5.75 Å². The maximum atomic E-state index is 12.1. The molecule has 3 rings (SSSR count). The van der Waals surface area contributed by atoms with Gasteiger partial charge in [-0.05, 0) is 36.9 Å². The van der Waals surface area contributed by atoms with E-state index in [0.717, 1.165) is 42.3 Å². The van der Waals surface area contributed by atoms with Crippen molar-refractivity contribution in [2.45, 2.75) is 24.5 Å². The Bertz CT molecular complexity index is 1020. The van der Waals surface area contributed by atoms with E-state index in [1.165, 1.54) is 7.11 Å². The summed E-state index contributed by atoms with van der Waals surface area (Å²) >= 11 is 1.61. The number of hydrogen-bond donors (Lipinski definition) is 2. The number of thioether (sulfide) groups is 1. The number of ether oxygens (including phenoxy) is 1. The Morgan fingerprint density at radius 2 is 1.94 bits per heavy atom. The first-order chi connectivity index (χ1) is 15.6.